The van der Waals surface area contributed by atoms with Crippen molar-refractivity contribution in [1.29, 1.82) is 0 Å². The fourth-order valence-electron chi connectivity index (χ4n) is 2.35. The molecular formula is C14H13BrF3N. The second-order valence-electron chi connectivity index (χ2n) is 4.63. The SMILES string of the molecule is C#Cc1ccc(Br)cc1N1CCCC(C(F)(F)F)C1. The van der Waals surface area contributed by atoms with E-state index >= 15 is 0 Å². The molecule has 0 saturated carbocycles. The molecule has 1 aliphatic heterocycles. The molecule has 0 bridgehead atoms. The minimum Gasteiger partial charge on any atom is -0.370 e. The van der Waals surface area contributed by atoms with Crippen LogP contribution in [0.1, 0.15) is 18.4 Å². The van der Waals surface area contributed by atoms with E-state index in [0.29, 0.717) is 24.2 Å². The quantitative estimate of drug-likeness (QED) is 0.697. The number of benzene rings is 1. The van der Waals surface area contributed by atoms with Crippen LogP contribution in [0.25, 0.3) is 0 Å². The number of anilines is 1. The molecule has 0 radical (unpaired) electrons. The normalized spacial score (nSPS) is 20.2. The first-order chi connectivity index (χ1) is 8.91. The molecule has 1 aromatic carbocycles. The van der Waals surface area contributed by atoms with Crippen LogP contribution in [0.5, 0.6) is 0 Å². The highest BCUT2D eigenvalue weighted by atomic mass is 79.9. The van der Waals surface area contributed by atoms with Gasteiger partial charge in [0.15, 0.2) is 0 Å². The zero-order valence-corrected chi connectivity index (χ0v) is 11.8. The molecule has 1 atom stereocenters. The monoisotopic (exact) mass is 331 g/mol. The summed E-state index contributed by atoms with van der Waals surface area (Å²) in [7, 11) is 0. The topological polar surface area (TPSA) is 3.24 Å². The van der Waals surface area contributed by atoms with E-state index in [2.05, 4.69) is 21.9 Å². The van der Waals surface area contributed by atoms with Crippen molar-refractivity contribution >= 4 is 21.6 Å². The van der Waals surface area contributed by atoms with E-state index in [1.54, 1.807) is 23.1 Å². The summed E-state index contributed by atoms with van der Waals surface area (Å²) in [4.78, 5) is 1.74. The molecule has 2 rings (SSSR count). The molecule has 1 fully saturated rings. The van der Waals surface area contributed by atoms with Crippen LogP contribution in [0.15, 0.2) is 22.7 Å². The molecule has 0 amide bonds. The molecule has 0 spiro atoms. The summed E-state index contributed by atoms with van der Waals surface area (Å²) >= 11 is 3.33. The standard InChI is InChI=1S/C14H13BrF3N/c1-2-10-5-6-12(15)8-13(10)19-7-3-4-11(9-19)14(16,17)18/h1,5-6,8,11H,3-4,7,9H2. The predicted molar refractivity (Wildman–Crippen MR) is 73.1 cm³/mol. The van der Waals surface area contributed by atoms with E-state index in [1.165, 1.54) is 0 Å². The molecular weight excluding hydrogens is 319 g/mol. The number of alkyl halides is 3. The smallest absolute Gasteiger partial charge is 0.370 e. The van der Waals surface area contributed by atoms with Gasteiger partial charge in [-0.25, -0.2) is 0 Å². The third kappa shape index (κ3) is 3.24. The highest BCUT2D eigenvalue weighted by Gasteiger charge is 2.42. The summed E-state index contributed by atoms with van der Waals surface area (Å²) in [5, 5.41) is 0. The molecule has 0 aromatic heterocycles. The lowest BCUT2D eigenvalue weighted by Gasteiger charge is -2.35. The Bertz CT molecular complexity index is 504. The molecule has 5 heteroatoms. The van der Waals surface area contributed by atoms with Gasteiger partial charge in [0, 0.05) is 23.1 Å². The number of terminal acetylenes is 1. The Balaban J connectivity index is 2.27. The molecule has 102 valence electrons. The average molecular weight is 332 g/mol. The van der Waals surface area contributed by atoms with E-state index in [9.17, 15) is 13.2 Å². The summed E-state index contributed by atoms with van der Waals surface area (Å²) < 4.78 is 39.3. The fourth-order valence-corrected chi connectivity index (χ4v) is 2.70. The second-order valence-corrected chi connectivity index (χ2v) is 5.55. The molecule has 1 unspecified atom stereocenters. The van der Waals surface area contributed by atoms with Crippen molar-refractivity contribution in [3.63, 3.8) is 0 Å². The third-order valence-electron chi connectivity index (χ3n) is 3.34. The highest BCUT2D eigenvalue weighted by molar-refractivity contribution is 9.10. The van der Waals surface area contributed by atoms with Gasteiger partial charge < -0.3 is 4.90 Å². The lowest BCUT2D eigenvalue weighted by atomic mass is 9.96. The van der Waals surface area contributed by atoms with Gasteiger partial charge in [0.1, 0.15) is 0 Å². The van der Waals surface area contributed by atoms with Gasteiger partial charge in [-0.05, 0) is 31.0 Å². The highest BCUT2D eigenvalue weighted by Crippen LogP contribution is 2.36. The molecule has 1 heterocycles. The average Bonchev–Trinajstić information content (AvgIpc) is 2.38. The van der Waals surface area contributed by atoms with E-state index in [4.69, 9.17) is 6.42 Å². The van der Waals surface area contributed by atoms with Crippen LogP contribution in [0.3, 0.4) is 0 Å². The summed E-state index contributed by atoms with van der Waals surface area (Å²) in [5.41, 5.74) is 1.33. The molecule has 1 saturated heterocycles. The van der Waals surface area contributed by atoms with Crippen molar-refractivity contribution in [1.82, 2.24) is 0 Å². The first-order valence-electron chi connectivity index (χ1n) is 5.99. The lowest BCUT2D eigenvalue weighted by Crippen LogP contribution is -2.42. The van der Waals surface area contributed by atoms with Crippen LogP contribution in [0.4, 0.5) is 18.9 Å². The van der Waals surface area contributed by atoms with Gasteiger partial charge in [0.05, 0.1) is 11.6 Å². The minimum absolute atomic E-state index is 0.0192. The van der Waals surface area contributed by atoms with E-state index in [-0.39, 0.29) is 13.0 Å². The number of hydrogen-bond donors (Lipinski definition) is 0. The largest absolute Gasteiger partial charge is 0.393 e. The predicted octanol–water partition coefficient (Wildman–Crippen LogP) is 4.21. The van der Waals surface area contributed by atoms with Crippen molar-refractivity contribution in [3.8, 4) is 12.3 Å². The Morgan fingerprint density at radius 2 is 2.11 bits per heavy atom. The molecule has 1 aliphatic rings. The summed E-state index contributed by atoms with van der Waals surface area (Å²) in [5.74, 6) is 1.26. The zero-order valence-electron chi connectivity index (χ0n) is 10.2. The molecule has 1 aromatic rings. The van der Waals surface area contributed by atoms with Crippen LogP contribution >= 0.6 is 15.9 Å². The van der Waals surface area contributed by atoms with Gasteiger partial charge in [-0.3, -0.25) is 0 Å². The van der Waals surface area contributed by atoms with Crippen molar-refractivity contribution in [2.75, 3.05) is 18.0 Å². The Hall–Kier alpha value is -1.15. The summed E-state index contributed by atoms with van der Waals surface area (Å²) in [6, 6.07) is 5.33. The summed E-state index contributed by atoms with van der Waals surface area (Å²) in [6.07, 6.45) is 2.00. The van der Waals surface area contributed by atoms with Gasteiger partial charge in [-0.2, -0.15) is 13.2 Å². The van der Waals surface area contributed by atoms with Gasteiger partial charge in [0.2, 0.25) is 0 Å². The van der Waals surface area contributed by atoms with Crippen LogP contribution in [-0.4, -0.2) is 19.3 Å². The van der Waals surface area contributed by atoms with Gasteiger partial charge in [-0.1, -0.05) is 21.9 Å². The Morgan fingerprint density at radius 1 is 1.37 bits per heavy atom. The Labute approximate surface area is 118 Å². The number of hydrogen-bond acceptors (Lipinski definition) is 1. The van der Waals surface area contributed by atoms with Gasteiger partial charge in [0.25, 0.3) is 0 Å². The van der Waals surface area contributed by atoms with Crippen molar-refractivity contribution in [2.24, 2.45) is 5.92 Å². The van der Waals surface area contributed by atoms with Crippen LogP contribution in [0.2, 0.25) is 0 Å². The molecule has 0 N–H and O–H groups in total. The minimum atomic E-state index is -4.14. The van der Waals surface area contributed by atoms with Crippen LogP contribution in [0, 0.1) is 18.3 Å². The maximum atomic E-state index is 12.8. The summed E-state index contributed by atoms with van der Waals surface area (Å²) in [6.45, 7) is 0.590. The van der Waals surface area contributed by atoms with E-state index < -0.39 is 12.1 Å². The number of halogens is 4. The van der Waals surface area contributed by atoms with E-state index in [0.717, 1.165) is 4.47 Å². The Morgan fingerprint density at radius 3 is 2.74 bits per heavy atom. The van der Waals surface area contributed by atoms with Gasteiger partial charge >= 0.3 is 6.18 Å². The van der Waals surface area contributed by atoms with Crippen LogP contribution in [-0.2, 0) is 0 Å². The Kier molecular flexibility index (Phi) is 4.10. The first kappa shape index (κ1) is 14.3. The van der Waals surface area contributed by atoms with E-state index in [1.807, 2.05) is 0 Å². The second kappa shape index (κ2) is 5.46. The maximum Gasteiger partial charge on any atom is 0.393 e. The van der Waals surface area contributed by atoms with Crippen LogP contribution < -0.4 is 4.90 Å². The number of piperidine rings is 1. The lowest BCUT2D eigenvalue weighted by molar-refractivity contribution is -0.175. The molecule has 0 aliphatic carbocycles. The van der Waals surface area contributed by atoms with Gasteiger partial charge in [-0.15, -0.1) is 6.42 Å². The third-order valence-corrected chi connectivity index (χ3v) is 3.83. The van der Waals surface area contributed by atoms with Crippen molar-refractivity contribution in [3.05, 3.63) is 28.2 Å². The number of nitrogens with zero attached hydrogens (tertiary/aromatic N) is 1. The first-order valence-corrected chi connectivity index (χ1v) is 6.79. The number of rotatable bonds is 1. The van der Waals surface area contributed by atoms with Crippen molar-refractivity contribution < 1.29 is 13.2 Å². The maximum absolute atomic E-state index is 12.8. The molecule has 19 heavy (non-hydrogen) atoms. The van der Waals surface area contributed by atoms with Crippen molar-refractivity contribution in [2.45, 2.75) is 19.0 Å². The molecule has 1 nitrogen and oxygen atoms in total. The fraction of sp³-hybridized carbons (Fsp3) is 0.429. The zero-order chi connectivity index (χ0) is 14.0.